The summed E-state index contributed by atoms with van der Waals surface area (Å²) >= 11 is 0. The number of aromatic nitrogens is 4. The molecule has 1 aliphatic rings. The molecule has 0 radical (unpaired) electrons. The molecule has 3 heterocycles. The molecule has 5 aromatic rings. The van der Waals surface area contributed by atoms with Gasteiger partial charge in [-0.25, -0.2) is 4.98 Å². The van der Waals surface area contributed by atoms with Crippen LogP contribution in [0.5, 0.6) is 0 Å². The van der Waals surface area contributed by atoms with Crippen molar-refractivity contribution in [2.75, 3.05) is 0 Å². The fourth-order valence-electron chi connectivity index (χ4n) is 3.98. The standard InChI is InChI=1S/C22H14N4/c1-2-6-14-13(5-1)9-10-17(14)22-25-20-18-15(7-3-11-23-18)16-8-4-12-24-19(16)21(20)26-22/h1-8,10-12H,9H2,(H,25,26). The first-order valence-electron chi connectivity index (χ1n) is 8.70. The van der Waals surface area contributed by atoms with Crippen LogP contribution < -0.4 is 0 Å². The molecule has 4 heteroatoms. The highest BCUT2D eigenvalue weighted by atomic mass is 14.9. The van der Waals surface area contributed by atoms with E-state index in [1.807, 2.05) is 24.5 Å². The van der Waals surface area contributed by atoms with Gasteiger partial charge in [0, 0.05) is 28.7 Å². The minimum atomic E-state index is 0.882. The molecule has 1 N–H and O–H groups in total. The van der Waals surface area contributed by atoms with E-state index in [2.05, 4.69) is 57.4 Å². The minimum absolute atomic E-state index is 0.882. The maximum Gasteiger partial charge on any atom is 0.138 e. The van der Waals surface area contributed by atoms with Crippen molar-refractivity contribution < 1.29 is 0 Å². The predicted molar refractivity (Wildman–Crippen MR) is 104 cm³/mol. The Labute approximate surface area is 149 Å². The summed E-state index contributed by atoms with van der Waals surface area (Å²) in [5.41, 5.74) is 7.44. The average Bonchev–Trinajstić information content (AvgIpc) is 3.33. The summed E-state index contributed by atoms with van der Waals surface area (Å²) in [6.07, 6.45) is 6.84. The molecule has 0 spiro atoms. The van der Waals surface area contributed by atoms with Gasteiger partial charge >= 0.3 is 0 Å². The van der Waals surface area contributed by atoms with Crippen LogP contribution in [0.1, 0.15) is 17.0 Å². The van der Waals surface area contributed by atoms with E-state index >= 15 is 0 Å². The van der Waals surface area contributed by atoms with Gasteiger partial charge in [0.1, 0.15) is 11.3 Å². The van der Waals surface area contributed by atoms with Crippen LogP contribution in [-0.2, 0) is 6.42 Å². The average molecular weight is 334 g/mol. The van der Waals surface area contributed by atoms with Crippen molar-refractivity contribution in [2.45, 2.75) is 6.42 Å². The molecule has 0 amide bonds. The molecule has 3 aromatic heterocycles. The summed E-state index contributed by atoms with van der Waals surface area (Å²) in [5.74, 6) is 0.884. The maximum absolute atomic E-state index is 4.95. The topological polar surface area (TPSA) is 54.5 Å². The van der Waals surface area contributed by atoms with Crippen LogP contribution in [-0.4, -0.2) is 19.9 Å². The highest BCUT2D eigenvalue weighted by Gasteiger charge is 2.20. The highest BCUT2D eigenvalue weighted by molar-refractivity contribution is 6.20. The van der Waals surface area contributed by atoms with Gasteiger partial charge in [0.05, 0.1) is 16.6 Å². The largest absolute Gasteiger partial charge is 0.336 e. The van der Waals surface area contributed by atoms with Crippen molar-refractivity contribution in [3.63, 3.8) is 0 Å². The number of hydrogen-bond donors (Lipinski definition) is 1. The van der Waals surface area contributed by atoms with Crippen LogP contribution in [0.25, 0.3) is 38.4 Å². The molecule has 26 heavy (non-hydrogen) atoms. The third kappa shape index (κ3) is 1.76. The number of hydrogen-bond acceptors (Lipinski definition) is 3. The van der Waals surface area contributed by atoms with Crippen LogP contribution in [0, 0.1) is 0 Å². The number of imidazole rings is 1. The Morgan fingerprint density at radius 1 is 0.769 bits per heavy atom. The molecule has 0 aliphatic heterocycles. The second-order valence-corrected chi connectivity index (χ2v) is 6.59. The Hall–Kier alpha value is -3.53. The zero-order chi connectivity index (χ0) is 17.1. The molecule has 6 rings (SSSR count). The van der Waals surface area contributed by atoms with Crippen LogP contribution in [0.15, 0.2) is 67.0 Å². The molecule has 1 aliphatic carbocycles. The van der Waals surface area contributed by atoms with E-state index < -0.39 is 0 Å². The molecule has 0 unspecified atom stereocenters. The third-order valence-electron chi connectivity index (χ3n) is 5.16. The number of pyridine rings is 2. The second kappa shape index (κ2) is 4.99. The number of H-pyrrole nitrogens is 1. The van der Waals surface area contributed by atoms with E-state index in [1.165, 1.54) is 11.1 Å². The fourth-order valence-corrected chi connectivity index (χ4v) is 3.98. The maximum atomic E-state index is 4.95. The number of allylic oxidation sites excluding steroid dienone is 1. The summed E-state index contributed by atoms with van der Waals surface area (Å²) in [6.45, 7) is 0. The lowest BCUT2D eigenvalue weighted by atomic mass is 10.1. The van der Waals surface area contributed by atoms with Crippen molar-refractivity contribution in [3.8, 4) is 0 Å². The van der Waals surface area contributed by atoms with Crippen LogP contribution in [0.3, 0.4) is 0 Å². The molecule has 0 bridgehead atoms. The van der Waals surface area contributed by atoms with E-state index in [4.69, 9.17) is 4.98 Å². The highest BCUT2D eigenvalue weighted by Crippen LogP contribution is 2.35. The fraction of sp³-hybridized carbons (Fsp3) is 0.0455. The third-order valence-corrected chi connectivity index (χ3v) is 5.16. The quantitative estimate of drug-likeness (QED) is 0.454. The first-order chi connectivity index (χ1) is 12.9. The van der Waals surface area contributed by atoms with Crippen molar-refractivity contribution in [3.05, 3.63) is 84.0 Å². The molecule has 4 nitrogen and oxygen atoms in total. The van der Waals surface area contributed by atoms with E-state index in [-0.39, 0.29) is 0 Å². The summed E-state index contributed by atoms with van der Waals surface area (Å²) in [5, 5.41) is 2.18. The first kappa shape index (κ1) is 13.7. The van der Waals surface area contributed by atoms with Crippen molar-refractivity contribution >= 4 is 38.4 Å². The summed E-state index contributed by atoms with van der Waals surface area (Å²) in [6, 6.07) is 16.6. The van der Waals surface area contributed by atoms with Crippen molar-refractivity contribution in [1.29, 1.82) is 0 Å². The number of aromatic amines is 1. The van der Waals surface area contributed by atoms with Gasteiger partial charge in [-0.15, -0.1) is 0 Å². The number of benzene rings is 2. The van der Waals surface area contributed by atoms with E-state index in [0.29, 0.717) is 0 Å². The molecule has 0 fully saturated rings. The second-order valence-electron chi connectivity index (χ2n) is 6.59. The number of rotatable bonds is 1. The summed E-state index contributed by atoms with van der Waals surface area (Å²) in [7, 11) is 0. The summed E-state index contributed by atoms with van der Waals surface area (Å²) in [4.78, 5) is 17.7. The van der Waals surface area contributed by atoms with Gasteiger partial charge in [0.25, 0.3) is 0 Å². The van der Waals surface area contributed by atoms with Crippen molar-refractivity contribution in [2.24, 2.45) is 0 Å². The zero-order valence-corrected chi connectivity index (χ0v) is 13.9. The molecule has 0 atom stereocenters. The molecule has 122 valence electrons. The van der Waals surface area contributed by atoms with Gasteiger partial charge < -0.3 is 4.98 Å². The van der Waals surface area contributed by atoms with E-state index in [9.17, 15) is 0 Å². The lowest BCUT2D eigenvalue weighted by Gasteiger charge is -2.03. The molecule has 2 aromatic carbocycles. The van der Waals surface area contributed by atoms with Crippen LogP contribution in [0.2, 0.25) is 0 Å². The molecular formula is C22H14N4. The van der Waals surface area contributed by atoms with Gasteiger partial charge in [-0.3, -0.25) is 9.97 Å². The molecule has 0 saturated carbocycles. The Bertz CT molecular complexity index is 1290. The Morgan fingerprint density at radius 3 is 2.42 bits per heavy atom. The van der Waals surface area contributed by atoms with E-state index in [0.717, 1.165) is 50.7 Å². The zero-order valence-electron chi connectivity index (χ0n) is 13.9. The normalized spacial score (nSPS) is 13.5. The summed E-state index contributed by atoms with van der Waals surface area (Å²) < 4.78 is 0. The van der Waals surface area contributed by atoms with Crippen LogP contribution in [0.4, 0.5) is 0 Å². The smallest absolute Gasteiger partial charge is 0.138 e. The molecular weight excluding hydrogens is 320 g/mol. The number of nitrogens with zero attached hydrogens (tertiary/aromatic N) is 3. The van der Waals surface area contributed by atoms with Gasteiger partial charge in [-0.05, 0) is 29.7 Å². The van der Waals surface area contributed by atoms with Gasteiger partial charge in [-0.2, -0.15) is 0 Å². The van der Waals surface area contributed by atoms with Gasteiger partial charge in [-0.1, -0.05) is 42.5 Å². The minimum Gasteiger partial charge on any atom is -0.336 e. The Kier molecular flexibility index (Phi) is 2.63. The molecule has 0 saturated heterocycles. The van der Waals surface area contributed by atoms with Gasteiger partial charge in [0.2, 0.25) is 0 Å². The lowest BCUT2D eigenvalue weighted by Crippen LogP contribution is -1.88. The monoisotopic (exact) mass is 334 g/mol. The van der Waals surface area contributed by atoms with Crippen LogP contribution >= 0.6 is 0 Å². The van der Waals surface area contributed by atoms with Gasteiger partial charge in [0.15, 0.2) is 0 Å². The Balaban J connectivity index is 1.72. The lowest BCUT2D eigenvalue weighted by molar-refractivity contribution is 1.26. The van der Waals surface area contributed by atoms with E-state index in [1.54, 1.807) is 0 Å². The number of nitrogens with one attached hydrogen (secondary N) is 1. The first-order valence-corrected chi connectivity index (χ1v) is 8.70. The SMILES string of the molecule is C1=C(c2nc3c4ncccc4c4cccnc4c3[nH]2)c2ccccc2C1. The predicted octanol–water partition coefficient (Wildman–Crippen LogP) is 4.65. The van der Waals surface area contributed by atoms with Crippen molar-refractivity contribution in [1.82, 2.24) is 19.9 Å². The Morgan fingerprint density at radius 2 is 1.54 bits per heavy atom. The number of fused-ring (bicyclic) bond motifs is 7.